The van der Waals surface area contributed by atoms with E-state index in [4.69, 9.17) is 9.84 Å². The Bertz CT molecular complexity index is 499. The number of carboxylic acid groups (broad SMARTS) is 1. The average Bonchev–Trinajstić information content (AvgIpc) is 2.80. The first-order valence-electron chi connectivity index (χ1n) is 6.66. The number of aliphatic carboxylic acids is 1. The van der Waals surface area contributed by atoms with Crippen molar-refractivity contribution in [1.82, 2.24) is 5.32 Å². The molecule has 108 valence electrons. The van der Waals surface area contributed by atoms with Crippen molar-refractivity contribution in [2.75, 3.05) is 0 Å². The molecule has 0 bridgehead atoms. The lowest BCUT2D eigenvalue weighted by Gasteiger charge is -2.27. The van der Waals surface area contributed by atoms with Gasteiger partial charge in [-0.2, -0.15) is 0 Å². The van der Waals surface area contributed by atoms with Crippen molar-refractivity contribution >= 4 is 11.9 Å². The maximum absolute atomic E-state index is 12.2. The molecule has 1 atom stereocenters. The monoisotopic (exact) mass is 277 g/mol. The van der Waals surface area contributed by atoms with Gasteiger partial charge in [0.2, 0.25) is 0 Å². The predicted octanol–water partition coefficient (Wildman–Crippen LogP) is 1.75. The summed E-state index contributed by atoms with van der Waals surface area (Å²) in [6.07, 6.45) is 0.431. The van der Waals surface area contributed by atoms with Gasteiger partial charge in [0.15, 0.2) is 6.10 Å². The molecule has 0 saturated carbocycles. The van der Waals surface area contributed by atoms with E-state index in [1.807, 2.05) is 38.1 Å². The van der Waals surface area contributed by atoms with Gasteiger partial charge in [0.05, 0.1) is 0 Å². The van der Waals surface area contributed by atoms with Crippen LogP contribution >= 0.6 is 0 Å². The summed E-state index contributed by atoms with van der Waals surface area (Å²) < 4.78 is 5.61. The standard InChI is InChI=1S/C15H19NO4/c1-15(2,8-7-13(17)18)16-14(19)12-9-10-5-3-4-6-11(10)20-12/h3-6,12H,7-9H2,1-2H3,(H,16,19)(H,17,18). The number of para-hydroxylation sites is 1. The molecular formula is C15H19NO4. The SMILES string of the molecule is CC(C)(CCC(=O)O)NC(=O)C1Cc2ccccc2O1. The van der Waals surface area contributed by atoms with E-state index in [0.29, 0.717) is 12.8 Å². The quantitative estimate of drug-likeness (QED) is 0.859. The van der Waals surface area contributed by atoms with Crippen molar-refractivity contribution in [1.29, 1.82) is 0 Å². The van der Waals surface area contributed by atoms with Crippen LogP contribution in [0.1, 0.15) is 32.3 Å². The number of amides is 1. The molecule has 0 radical (unpaired) electrons. The summed E-state index contributed by atoms with van der Waals surface area (Å²) in [5.74, 6) is -0.315. The van der Waals surface area contributed by atoms with Gasteiger partial charge in [-0.1, -0.05) is 18.2 Å². The van der Waals surface area contributed by atoms with E-state index in [1.54, 1.807) is 0 Å². The second-order valence-electron chi connectivity index (χ2n) is 5.69. The van der Waals surface area contributed by atoms with E-state index in [2.05, 4.69) is 5.32 Å². The number of hydrogen-bond acceptors (Lipinski definition) is 3. The Balaban J connectivity index is 1.92. The second-order valence-corrected chi connectivity index (χ2v) is 5.69. The molecule has 20 heavy (non-hydrogen) atoms. The first-order valence-corrected chi connectivity index (χ1v) is 6.66. The van der Waals surface area contributed by atoms with Gasteiger partial charge in [0, 0.05) is 18.4 Å². The maximum Gasteiger partial charge on any atom is 0.303 e. The van der Waals surface area contributed by atoms with E-state index in [1.165, 1.54) is 0 Å². The summed E-state index contributed by atoms with van der Waals surface area (Å²) in [5, 5.41) is 11.6. The van der Waals surface area contributed by atoms with Gasteiger partial charge in [-0.15, -0.1) is 0 Å². The van der Waals surface area contributed by atoms with Crippen LogP contribution in [-0.4, -0.2) is 28.6 Å². The average molecular weight is 277 g/mol. The smallest absolute Gasteiger partial charge is 0.303 e. The molecule has 1 aliphatic rings. The molecule has 1 unspecified atom stereocenters. The summed E-state index contributed by atoms with van der Waals surface area (Å²) >= 11 is 0. The molecule has 1 amide bonds. The minimum absolute atomic E-state index is 0.0268. The molecule has 0 aromatic heterocycles. The molecule has 2 N–H and O–H groups in total. The van der Waals surface area contributed by atoms with Crippen LogP contribution in [0.2, 0.25) is 0 Å². The minimum Gasteiger partial charge on any atom is -0.481 e. The van der Waals surface area contributed by atoms with Crippen molar-refractivity contribution < 1.29 is 19.4 Å². The minimum atomic E-state index is -0.864. The lowest BCUT2D eigenvalue weighted by molar-refractivity contribution is -0.138. The van der Waals surface area contributed by atoms with E-state index < -0.39 is 17.6 Å². The summed E-state index contributed by atoms with van der Waals surface area (Å²) in [4.78, 5) is 22.8. The normalized spacial score (nSPS) is 17.2. The Morgan fingerprint density at radius 1 is 1.40 bits per heavy atom. The number of rotatable bonds is 5. The van der Waals surface area contributed by atoms with E-state index in [9.17, 15) is 9.59 Å². The molecule has 1 heterocycles. The zero-order chi connectivity index (χ0) is 14.8. The Morgan fingerprint density at radius 3 is 2.75 bits per heavy atom. The van der Waals surface area contributed by atoms with Crippen molar-refractivity contribution in [2.24, 2.45) is 0 Å². The number of carbonyl (C=O) groups is 2. The first-order chi connectivity index (χ1) is 9.37. The molecule has 2 rings (SSSR count). The molecule has 0 saturated heterocycles. The van der Waals surface area contributed by atoms with Gasteiger partial charge in [0.1, 0.15) is 5.75 Å². The van der Waals surface area contributed by atoms with Gasteiger partial charge >= 0.3 is 5.97 Å². The van der Waals surface area contributed by atoms with Gasteiger partial charge in [-0.05, 0) is 31.9 Å². The number of carboxylic acids is 1. The zero-order valence-electron chi connectivity index (χ0n) is 11.7. The third-order valence-corrected chi connectivity index (χ3v) is 3.37. The van der Waals surface area contributed by atoms with Gasteiger partial charge in [-0.25, -0.2) is 0 Å². The van der Waals surface area contributed by atoms with E-state index in [0.717, 1.165) is 11.3 Å². The lowest BCUT2D eigenvalue weighted by atomic mass is 9.97. The van der Waals surface area contributed by atoms with E-state index >= 15 is 0 Å². The van der Waals surface area contributed by atoms with Crippen molar-refractivity contribution in [2.45, 2.75) is 44.8 Å². The topological polar surface area (TPSA) is 75.6 Å². The van der Waals surface area contributed by atoms with Gasteiger partial charge in [0.25, 0.3) is 5.91 Å². The lowest BCUT2D eigenvalue weighted by Crippen LogP contribution is -2.49. The van der Waals surface area contributed by atoms with Crippen LogP contribution in [-0.2, 0) is 16.0 Å². The van der Waals surface area contributed by atoms with Crippen LogP contribution < -0.4 is 10.1 Å². The number of ether oxygens (including phenoxy) is 1. The molecule has 1 aromatic rings. The highest BCUT2D eigenvalue weighted by Crippen LogP contribution is 2.28. The Kier molecular flexibility index (Phi) is 3.97. The molecule has 0 spiro atoms. The number of hydrogen-bond donors (Lipinski definition) is 2. The summed E-state index contributed by atoms with van der Waals surface area (Å²) in [5.41, 5.74) is 0.462. The predicted molar refractivity (Wildman–Crippen MR) is 73.7 cm³/mol. The highest BCUT2D eigenvalue weighted by Gasteiger charge is 2.32. The van der Waals surface area contributed by atoms with Crippen LogP contribution in [0.5, 0.6) is 5.75 Å². The van der Waals surface area contributed by atoms with Crippen molar-refractivity contribution in [3.63, 3.8) is 0 Å². The zero-order valence-corrected chi connectivity index (χ0v) is 11.7. The Morgan fingerprint density at radius 2 is 2.10 bits per heavy atom. The van der Waals surface area contributed by atoms with E-state index in [-0.39, 0.29) is 12.3 Å². The molecule has 0 fully saturated rings. The van der Waals surface area contributed by atoms with Crippen LogP contribution in [0, 0.1) is 0 Å². The highest BCUT2D eigenvalue weighted by molar-refractivity contribution is 5.83. The number of carbonyl (C=O) groups excluding carboxylic acids is 1. The summed E-state index contributed by atoms with van der Waals surface area (Å²) in [7, 11) is 0. The third kappa shape index (κ3) is 3.50. The van der Waals surface area contributed by atoms with Crippen LogP contribution in [0.4, 0.5) is 0 Å². The molecule has 5 nitrogen and oxygen atoms in total. The fourth-order valence-corrected chi connectivity index (χ4v) is 2.22. The molecular weight excluding hydrogens is 258 g/mol. The van der Waals surface area contributed by atoms with Crippen molar-refractivity contribution in [3.05, 3.63) is 29.8 Å². The third-order valence-electron chi connectivity index (χ3n) is 3.37. The maximum atomic E-state index is 12.2. The highest BCUT2D eigenvalue weighted by atomic mass is 16.5. The van der Waals surface area contributed by atoms with Crippen LogP contribution in [0.15, 0.2) is 24.3 Å². The molecule has 0 aliphatic carbocycles. The number of nitrogens with one attached hydrogen (secondary N) is 1. The fraction of sp³-hybridized carbons (Fsp3) is 0.467. The van der Waals surface area contributed by atoms with Gasteiger partial charge < -0.3 is 15.2 Å². The summed E-state index contributed by atoms with van der Waals surface area (Å²) in [6, 6.07) is 7.57. The number of benzene rings is 1. The van der Waals surface area contributed by atoms with Gasteiger partial charge in [-0.3, -0.25) is 9.59 Å². The Labute approximate surface area is 117 Å². The molecule has 5 heteroatoms. The molecule has 1 aliphatic heterocycles. The number of fused-ring (bicyclic) bond motifs is 1. The Hall–Kier alpha value is -2.04. The first kappa shape index (κ1) is 14.4. The van der Waals surface area contributed by atoms with Crippen LogP contribution in [0.25, 0.3) is 0 Å². The fourth-order valence-electron chi connectivity index (χ4n) is 2.22. The van der Waals surface area contributed by atoms with Crippen molar-refractivity contribution in [3.8, 4) is 5.75 Å². The second kappa shape index (κ2) is 5.53. The van der Waals surface area contributed by atoms with Crippen LogP contribution in [0.3, 0.4) is 0 Å². The molecule has 1 aromatic carbocycles. The largest absolute Gasteiger partial charge is 0.481 e. The summed E-state index contributed by atoms with van der Waals surface area (Å²) in [6.45, 7) is 3.63.